The van der Waals surface area contributed by atoms with Gasteiger partial charge in [-0.3, -0.25) is 10.1 Å². The van der Waals surface area contributed by atoms with E-state index < -0.39 is 24.2 Å². The smallest absolute Gasteiger partial charge is 0.401 e. The van der Waals surface area contributed by atoms with Crippen molar-refractivity contribution >= 4 is 5.97 Å². The zero-order valence-electron chi connectivity index (χ0n) is 11.1. The summed E-state index contributed by atoms with van der Waals surface area (Å²) in [7, 11) is 0. The number of nitrogens with one attached hydrogen (secondary N) is 1. The Morgan fingerprint density at radius 1 is 1.30 bits per heavy atom. The van der Waals surface area contributed by atoms with Gasteiger partial charge in [0.2, 0.25) is 0 Å². The normalized spacial score (nSPS) is 16.8. The molecule has 3 nitrogen and oxygen atoms in total. The van der Waals surface area contributed by atoms with Gasteiger partial charge in [0, 0.05) is 12.8 Å². The molecular weight excluding hydrogens is 271 g/mol. The van der Waals surface area contributed by atoms with Gasteiger partial charge in [-0.2, -0.15) is 13.2 Å². The van der Waals surface area contributed by atoms with Crippen LogP contribution in [0.5, 0.6) is 0 Å². The predicted octanol–water partition coefficient (Wildman–Crippen LogP) is 2.24. The van der Waals surface area contributed by atoms with E-state index in [-0.39, 0.29) is 19.4 Å². The lowest BCUT2D eigenvalue weighted by Gasteiger charge is -2.28. The summed E-state index contributed by atoms with van der Waals surface area (Å²) >= 11 is 0. The lowest BCUT2D eigenvalue weighted by molar-refractivity contribution is -0.155. The van der Waals surface area contributed by atoms with Gasteiger partial charge in [-0.15, -0.1) is 0 Å². The van der Waals surface area contributed by atoms with E-state index in [1.54, 1.807) is 6.92 Å². The number of esters is 1. The molecular formula is C14H16F3NO2. The molecule has 1 aromatic rings. The van der Waals surface area contributed by atoms with Crippen LogP contribution in [0, 0.1) is 0 Å². The van der Waals surface area contributed by atoms with Gasteiger partial charge in [0.15, 0.2) is 0 Å². The number of fused-ring (bicyclic) bond motifs is 1. The topological polar surface area (TPSA) is 38.3 Å². The summed E-state index contributed by atoms with van der Waals surface area (Å²) in [5.74, 6) is -0.625. The quantitative estimate of drug-likeness (QED) is 0.863. The van der Waals surface area contributed by atoms with E-state index in [4.69, 9.17) is 4.74 Å². The maximum absolute atomic E-state index is 12.4. The molecule has 0 bridgehead atoms. The number of carbonyl (C=O) groups excluding carboxylic acids is 1. The fourth-order valence-electron chi connectivity index (χ4n) is 2.50. The summed E-state index contributed by atoms with van der Waals surface area (Å²) in [5, 5.41) is 2.37. The lowest BCUT2D eigenvalue weighted by Crippen LogP contribution is -2.56. The Bertz CT molecular complexity index is 474. The Morgan fingerprint density at radius 2 is 1.85 bits per heavy atom. The molecule has 6 heteroatoms. The van der Waals surface area contributed by atoms with E-state index in [0.29, 0.717) is 0 Å². The molecule has 1 aliphatic carbocycles. The van der Waals surface area contributed by atoms with Crippen molar-refractivity contribution < 1.29 is 22.7 Å². The maximum atomic E-state index is 12.4. The first-order valence-corrected chi connectivity index (χ1v) is 6.42. The predicted molar refractivity (Wildman–Crippen MR) is 67.3 cm³/mol. The molecule has 0 aromatic heterocycles. The first kappa shape index (κ1) is 14.8. The molecule has 1 aromatic carbocycles. The van der Waals surface area contributed by atoms with E-state index >= 15 is 0 Å². The molecule has 0 heterocycles. The number of hydrogen-bond acceptors (Lipinski definition) is 3. The molecule has 0 amide bonds. The summed E-state index contributed by atoms with van der Waals surface area (Å²) in [6.45, 7) is 0.571. The minimum absolute atomic E-state index is 0.143. The van der Waals surface area contributed by atoms with Crippen LogP contribution in [-0.2, 0) is 22.4 Å². The second kappa shape index (κ2) is 5.44. The van der Waals surface area contributed by atoms with Gasteiger partial charge < -0.3 is 4.74 Å². The van der Waals surface area contributed by atoms with Crippen molar-refractivity contribution in [3.8, 4) is 0 Å². The molecule has 20 heavy (non-hydrogen) atoms. The summed E-state index contributed by atoms with van der Waals surface area (Å²) in [5.41, 5.74) is 0.459. The fourth-order valence-corrected chi connectivity index (χ4v) is 2.50. The third kappa shape index (κ3) is 3.12. The van der Waals surface area contributed by atoms with Crippen molar-refractivity contribution in [2.24, 2.45) is 0 Å². The first-order chi connectivity index (χ1) is 9.36. The number of benzene rings is 1. The highest BCUT2D eigenvalue weighted by Gasteiger charge is 2.46. The Kier molecular flexibility index (Phi) is 4.04. The van der Waals surface area contributed by atoms with Crippen LogP contribution in [0.2, 0.25) is 0 Å². The SMILES string of the molecule is CCOC(=O)C1(NCC(F)(F)F)Cc2ccccc2C1. The van der Waals surface area contributed by atoms with E-state index in [9.17, 15) is 18.0 Å². The average Bonchev–Trinajstić information content (AvgIpc) is 2.76. The molecule has 0 radical (unpaired) electrons. The Balaban J connectivity index is 2.22. The van der Waals surface area contributed by atoms with Gasteiger partial charge >= 0.3 is 12.1 Å². The highest BCUT2D eigenvalue weighted by molar-refractivity contribution is 5.83. The van der Waals surface area contributed by atoms with Crippen molar-refractivity contribution in [2.75, 3.05) is 13.2 Å². The number of carbonyl (C=O) groups is 1. The van der Waals surface area contributed by atoms with E-state index in [1.807, 2.05) is 24.3 Å². The number of ether oxygens (including phenoxy) is 1. The molecule has 1 N–H and O–H groups in total. The zero-order chi connectivity index (χ0) is 14.8. The molecule has 2 rings (SSSR count). The van der Waals surface area contributed by atoms with Gasteiger partial charge in [-0.1, -0.05) is 24.3 Å². The first-order valence-electron chi connectivity index (χ1n) is 6.42. The highest BCUT2D eigenvalue weighted by Crippen LogP contribution is 2.32. The van der Waals surface area contributed by atoms with Crippen molar-refractivity contribution in [2.45, 2.75) is 31.5 Å². The van der Waals surface area contributed by atoms with Gasteiger partial charge in [0.1, 0.15) is 5.54 Å². The van der Waals surface area contributed by atoms with Gasteiger partial charge in [0.25, 0.3) is 0 Å². The lowest BCUT2D eigenvalue weighted by atomic mass is 9.95. The van der Waals surface area contributed by atoms with Crippen LogP contribution in [-0.4, -0.2) is 30.8 Å². The standard InChI is InChI=1S/C14H16F3NO2/c1-2-20-12(19)13(18-9-14(15,16)17)7-10-5-3-4-6-11(10)8-13/h3-6,18H,2,7-9H2,1H3. The maximum Gasteiger partial charge on any atom is 0.401 e. The zero-order valence-corrected chi connectivity index (χ0v) is 11.1. The van der Waals surface area contributed by atoms with Crippen molar-refractivity contribution in [1.29, 1.82) is 0 Å². The van der Waals surface area contributed by atoms with Crippen molar-refractivity contribution in [3.05, 3.63) is 35.4 Å². The molecule has 0 aliphatic heterocycles. The van der Waals surface area contributed by atoms with Crippen LogP contribution in [0.3, 0.4) is 0 Å². The third-order valence-electron chi connectivity index (χ3n) is 3.40. The number of alkyl halides is 3. The van der Waals surface area contributed by atoms with Crippen LogP contribution in [0.25, 0.3) is 0 Å². The summed E-state index contributed by atoms with van der Waals surface area (Å²) in [6, 6.07) is 7.27. The Hall–Kier alpha value is -1.56. The monoisotopic (exact) mass is 287 g/mol. The summed E-state index contributed by atoms with van der Waals surface area (Å²) in [4.78, 5) is 12.1. The largest absolute Gasteiger partial charge is 0.465 e. The van der Waals surface area contributed by atoms with Gasteiger partial charge in [-0.05, 0) is 18.1 Å². The van der Waals surface area contributed by atoms with Gasteiger partial charge in [-0.25, -0.2) is 0 Å². The highest BCUT2D eigenvalue weighted by atomic mass is 19.4. The molecule has 0 atom stereocenters. The van der Waals surface area contributed by atoms with E-state index in [2.05, 4.69) is 5.32 Å². The van der Waals surface area contributed by atoms with Gasteiger partial charge in [0.05, 0.1) is 13.2 Å². The third-order valence-corrected chi connectivity index (χ3v) is 3.40. The molecule has 0 spiro atoms. The molecule has 1 aliphatic rings. The van der Waals surface area contributed by atoms with E-state index in [0.717, 1.165) is 11.1 Å². The number of hydrogen-bond donors (Lipinski definition) is 1. The van der Waals surface area contributed by atoms with Crippen molar-refractivity contribution in [3.63, 3.8) is 0 Å². The van der Waals surface area contributed by atoms with E-state index in [1.165, 1.54) is 0 Å². The molecule has 0 saturated heterocycles. The Labute approximate surface area is 115 Å². The van der Waals surface area contributed by atoms with Crippen LogP contribution in [0.4, 0.5) is 13.2 Å². The minimum Gasteiger partial charge on any atom is -0.465 e. The molecule has 0 fully saturated rings. The second-order valence-electron chi connectivity index (χ2n) is 4.89. The number of rotatable bonds is 4. The average molecular weight is 287 g/mol. The molecule has 0 unspecified atom stereocenters. The second-order valence-corrected chi connectivity index (χ2v) is 4.89. The summed E-state index contributed by atoms with van der Waals surface area (Å²) in [6.07, 6.45) is -3.93. The minimum atomic E-state index is -4.37. The number of halogens is 3. The Morgan fingerprint density at radius 3 is 2.30 bits per heavy atom. The summed E-state index contributed by atoms with van der Waals surface area (Å²) < 4.78 is 42.3. The molecule has 0 saturated carbocycles. The van der Waals surface area contributed by atoms with Crippen molar-refractivity contribution in [1.82, 2.24) is 5.32 Å². The molecule has 110 valence electrons. The van der Waals surface area contributed by atoms with Crippen LogP contribution in [0.1, 0.15) is 18.1 Å². The van der Waals surface area contributed by atoms with Crippen LogP contribution in [0.15, 0.2) is 24.3 Å². The van der Waals surface area contributed by atoms with Crippen LogP contribution >= 0.6 is 0 Å². The fraction of sp³-hybridized carbons (Fsp3) is 0.500. The van der Waals surface area contributed by atoms with Crippen LogP contribution < -0.4 is 5.32 Å².